The van der Waals surface area contributed by atoms with Gasteiger partial charge in [0.05, 0.1) is 11.1 Å². The smallest absolute Gasteiger partial charge is 0.261 e. The van der Waals surface area contributed by atoms with Crippen LogP contribution in [0, 0.1) is 0 Å². The summed E-state index contributed by atoms with van der Waals surface area (Å²) in [6.07, 6.45) is 0. The fourth-order valence-electron chi connectivity index (χ4n) is 1.39. The van der Waals surface area contributed by atoms with Crippen LogP contribution in [0.3, 0.4) is 0 Å². The number of fused-ring (bicyclic) bond motifs is 1. The lowest BCUT2D eigenvalue weighted by Gasteiger charge is -2.02. The van der Waals surface area contributed by atoms with Crippen molar-refractivity contribution < 1.29 is 9.59 Å². The van der Waals surface area contributed by atoms with E-state index < -0.39 is 0 Å². The highest BCUT2D eigenvalue weighted by molar-refractivity contribution is 8.21. The topological polar surface area (TPSA) is 37.4 Å². The van der Waals surface area contributed by atoms with Gasteiger partial charge < -0.3 is 0 Å². The highest BCUT2D eigenvalue weighted by Gasteiger charge is 2.32. The number of amides is 2. The van der Waals surface area contributed by atoms with E-state index in [2.05, 4.69) is 0 Å². The molecular formula is C9H6ClNO2S. The maximum absolute atomic E-state index is 11.5. The molecule has 0 aromatic heterocycles. The van der Waals surface area contributed by atoms with Crippen LogP contribution in [0.1, 0.15) is 20.7 Å². The quantitative estimate of drug-likeness (QED) is 0.690. The average molecular weight is 228 g/mol. The zero-order valence-corrected chi connectivity index (χ0v) is 8.85. The second kappa shape index (κ2) is 3.29. The lowest BCUT2D eigenvalue weighted by molar-refractivity contribution is 0.0693. The second-order valence-corrected chi connectivity index (χ2v) is 4.04. The van der Waals surface area contributed by atoms with Gasteiger partial charge in [0.25, 0.3) is 11.8 Å². The summed E-state index contributed by atoms with van der Waals surface area (Å²) < 4.78 is 0. The van der Waals surface area contributed by atoms with Crippen LogP contribution in [0.15, 0.2) is 23.1 Å². The molecule has 2 rings (SSSR count). The number of hydrogen-bond acceptors (Lipinski definition) is 3. The molecule has 1 aromatic rings. The molecule has 1 heterocycles. The normalized spacial score (nSPS) is 14.9. The lowest BCUT2D eigenvalue weighted by atomic mass is 10.1. The van der Waals surface area contributed by atoms with Crippen LogP contribution in [-0.2, 0) is 0 Å². The van der Waals surface area contributed by atoms with Gasteiger partial charge in [0.2, 0.25) is 0 Å². The molecule has 3 nitrogen and oxygen atoms in total. The van der Waals surface area contributed by atoms with E-state index >= 15 is 0 Å². The lowest BCUT2D eigenvalue weighted by Crippen LogP contribution is -2.24. The van der Waals surface area contributed by atoms with Gasteiger partial charge in [-0.2, -0.15) is 0 Å². The molecule has 1 aliphatic heterocycles. The minimum absolute atomic E-state index is 0.254. The number of imide groups is 1. The highest BCUT2D eigenvalue weighted by atomic mass is 35.7. The van der Waals surface area contributed by atoms with Gasteiger partial charge in [-0.1, -0.05) is 0 Å². The van der Waals surface area contributed by atoms with E-state index in [9.17, 15) is 9.59 Å². The Morgan fingerprint density at radius 2 is 1.86 bits per heavy atom. The molecule has 1 aliphatic rings. The molecule has 0 N–H and O–H groups in total. The molecular weight excluding hydrogens is 222 g/mol. The predicted molar refractivity (Wildman–Crippen MR) is 54.6 cm³/mol. The number of benzene rings is 1. The minimum atomic E-state index is -0.266. The van der Waals surface area contributed by atoms with Crippen molar-refractivity contribution >= 4 is 33.5 Å². The van der Waals surface area contributed by atoms with Crippen molar-refractivity contribution in [3.63, 3.8) is 0 Å². The van der Waals surface area contributed by atoms with Crippen LogP contribution in [0.5, 0.6) is 0 Å². The van der Waals surface area contributed by atoms with Crippen molar-refractivity contribution in [2.45, 2.75) is 4.90 Å². The highest BCUT2D eigenvalue weighted by Crippen LogP contribution is 2.28. The number of halogens is 1. The van der Waals surface area contributed by atoms with Crippen molar-refractivity contribution in [3.8, 4) is 0 Å². The number of hydrogen-bond donors (Lipinski definition) is 0. The summed E-state index contributed by atoms with van der Waals surface area (Å²) in [6, 6.07) is 4.99. The Labute approximate surface area is 89.5 Å². The van der Waals surface area contributed by atoms with Gasteiger partial charge in [-0.3, -0.25) is 14.5 Å². The molecule has 0 radical (unpaired) electrons. The number of nitrogens with zero attached hydrogens (tertiary/aromatic N) is 1. The third kappa shape index (κ3) is 1.22. The van der Waals surface area contributed by atoms with Crippen LogP contribution in [0.25, 0.3) is 0 Å². The van der Waals surface area contributed by atoms with Gasteiger partial charge >= 0.3 is 0 Å². The van der Waals surface area contributed by atoms with Crippen LogP contribution < -0.4 is 0 Å². The third-order valence-electron chi connectivity index (χ3n) is 2.15. The Bertz CT molecular complexity index is 433. The van der Waals surface area contributed by atoms with Crippen LogP contribution in [0.2, 0.25) is 0 Å². The number of carbonyl (C=O) groups excluding carboxylic acids is 2. The van der Waals surface area contributed by atoms with E-state index in [0.29, 0.717) is 11.1 Å². The molecule has 1 aromatic carbocycles. The summed E-state index contributed by atoms with van der Waals surface area (Å²) in [5.74, 6) is -0.520. The Morgan fingerprint density at radius 3 is 2.50 bits per heavy atom. The van der Waals surface area contributed by atoms with Gasteiger partial charge in [0.15, 0.2) is 0 Å². The molecule has 14 heavy (non-hydrogen) atoms. The fourth-order valence-corrected chi connectivity index (χ4v) is 1.96. The zero-order valence-electron chi connectivity index (χ0n) is 7.28. The molecule has 2 amide bonds. The molecule has 0 saturated heterocycles. The van der Waals surface area contributed by atoms with Crippen molar-refractivity contribution in [2.75, 3.05) is 7.05 Å². The molecule has 0 saturated carbocycles. The molecule has 0 unspecified atom stereocenters. The molecule has 72 valence electrons. The Morgan fingerprint density at radius 1 is 1.21 bits per heavy atom. The maximum Gasteiger partial charge on any atom is 0.261 e. The zero-order chi connectivity index (χ0) is 10.3. The summed E-state index contributed by atoms with van der Waals surface area (Å²) in [6.45, 7) is 0. The summed E-state index contributed by atoms with van der Waals surface area (Å²) in [7, 11) is 8.06. The minimum Gasteiger partial charge on any atom is -0.277 e. The standard InChI is InChI=1S/C9H6ClNO2S/c1-11-8(12)6-3-2-5(14-10)4-7(6)9(11)13/h2-4H,1H3. The van der Waals surface area contributed by atoms with Crippen molar-refractivity contribution in [1.82, 2.24) is 4.90 Å². The van der Waals surface area contributed by atoms with Crippen LogP contribution in [0.4, 0.5) is 0 Å². The fraction of sp³-hybridized carbons (Fsp3) is 0.111. The van der Waals surface area contributed by atoms with E-state index in [1.54, 1.807) is 18.2 Å². The Kier molecular flexibility index (Phi) is 2.25. The third-order valence-corrected chi connectivity index (χ3v) is 3.12. The summed E-state index contributed by atoms with van der Waals surface area (Å²) in [4.78, 5) is 24.9. The first kappa shape index (κ1) is 9.55. The van der Waals surface area contributed by atoms with Crippen molar-refractivity contribution in [2.24, 2.45) is 0 Å². The van der Waals surface area contributed by atoms with E-state index in [1.165, 1.54) is 7.05 Å². The molecule has 0 bridgehead atoms. The van der Waals surface area contributed by atoms with Gasteiger partial charge in [0.1, 0.15) is 0 Å². The average Bonchev–Trinajstić information content (AvgIpc) is 2.44. The van der Waals surface area contributed by atoms with Crippen molar-refractivity contribution in [1.29, 1.82) is 0 Å². The molecule has 0 aliphatic carbocycles. The van der Waals surface area contributed by atoms with Gasteiger partial charge in [-0.25, -0.2) is 0 Å². The first-order chi connectivity index (χ1) is 6.65. The number of carbonyl (C=O) groups is 2. The Balaban J connectivity index is 2.59. The Hall–Kier alpha value is -1.00. The summed E-state index contributed by atoms with van der Waals surface area (Å²) in [5.41, 5.74) is 0.884. The van der Waals surface area contributed by atoms with Gasteiger partial charge in [-0.15, -0.1) is 0 Å². The second-order valence-electron chi connectivity index (χ2n) is 2.95. The SMILES string of the molecule is CN1C(=O)c2ccc(SCl)cc2C1=O. The van der Waals surface area contributed by atoms with E-state index in [0.717, 1.165) is 20.8 Å². The predicted octanol–water partition coefficient (Wildman–Crippen LogP) is 2.16. The molecule has 0 spiro atoms. The summed E-state index contributed by atoms with van der Waals surface area (Å²) >= 11 is 0. The number of rotatable bonds is 1. The van der Waals surface area contributed by atoms with Crippen molar-refractivity contribution in [3.05, 3.63) is 29.3 Å². The van der Waals surface area contributed by atoms with E-state index in [-0.39, 0.29) is 11.8 Å². The first-order valence-electron chi connectivity index (χ1n) is 3.90. The van der Waals surface area contributed by atoms with E-state index in [1.807, 2.05) is 0 Å². The summed E-state index contributed by atoms with van der Waals surface area (Å²) in [5, 5.41) is 0. The first-order valence-corrected chi connectivity index (χ1v) is 5.54. The maximum atomic E-state index is 11.5. The van der Waals surface area contributed by atoms with Crippen LogP contribution >= 0.6 is 21.7 Å². The molecule has 0 atom stereocenters. The van der Waals surface area contributed by atoms with Gasteiger partial charge in [-0.05, 0) is 39.9 Å². The van der Waals surface area contributed by atoms with Crippen LogP contribution in [-0.4, -0.2) is 23.8 Å². The van der Waals surface area contributed by atoms with Gasteiger partial charge in [0, 0.05) is 11.9 Å². The van der Waals surface area contributed by atoms with E-state index in [4.69, 9.17) is 10.7 Å². The largest absolute Gasteiger partial charge is 0.277 e. The molecule has 5 heteroatoms. The molecule has 0 fully saturated rings. The monoisotopic (exact) mass is 227 g/mol.